The van der Waals surface area contributed by atoms with Crippen LogP contribution in [0.25, 0.3) is 0 Å². The normalized spacial score (nSPS) is 10.0. The van der Waals surface area contributed by atoms with E-state index in [2.05, 4.69) is 18.3 Å². The van der Waals surface area contributed by atoms with Crippen molar-refractivity contribution in [1.29, 1.82) is 5.26 Å². The quantitative estimate of drug-likeness (QED) is 0.539. The molecule has 0 atom stereocenters. The average Bonchev–Trinajstić information content (AvgIpc) is 2.39. The van der Waals surface area contributed by atoms with Crippen molar-refractivity contribution in [3.8, 4) is 6.07 Å². The van der Waals surface area contributed by atoms with Crippen LogP contribution in [0, 0.1) is 11.3 Å². The van der Waals surface area contributed by atoms with Gasteiger partial charge in [-0.3, -0.25) is 0 Å². The molecular formula is C15H23N3. The van der Waals surface area contributed by atoms with Gasteiger partial charge in [0.15, 0.2) is 0 Å². The highest BCUT2D eigenvalue weighted by Crippen LogP contribution is 2.19. The molecule has 98 valence electrons. The van der Waals surface area contributed by atoms with E-state index in [1.54, 1.807) is 12.1 Å². The van der Waals surface area contributed by atoms with Gasteiger partial charge >= 0.3 is 0 Å². The first-order chi connectivity index (χ1) is 8.77. The maximum absolute atomic E-state index is 8.74. The Morgan fingerprint density at radius 1 is 1.17 bits per heavy atom. The van der Waals surface area contributed by atoms with Crippen molar-refractivity contribution in [2.75, 3.05) is 17.6 Å². The van der Waals surface area contributed by atoms with E-state index in [9.17, 15) is 0 Å². The van der Waals surface area contributed by atoms with Gasteiger partial charge in [-0.25, -0.2) is 0 Å². The summed E-state index contributed by atoms with van der Waals surface area (Å²) in [5.74, 6) is 0. The number of nitriles is 1. The smallest absolute Gasteiger partial charge is 0.0992 e. The molecule has 0 radical (unpaired) electrons. The zero-order chi connectivity index (χ0) is 13.2. The zero-order valence-electron chi connectivity index (χ0n) is 11.2. The minimum atomic E-state index is 0.609. The molecule has 0 aliphatic rings. The number of nitrogens with two attached hydrogens (primary N) is 1. The number of benzene rings is 1. The van der Waals surface area contributed by atoms with E-state index >= 15 is 0 Å². The average molecular weight is 245 g/mol. The SMILES string of the molecule is CCCCCCCCNc1ccc(C#N)cc1N. The van der Waals surface area contributed by atoms with E-state index in [1.807, 2.05) is 6.07 Å². The Hall–Kier alpha value is -1.69. The van der Waals surface area contributed by atoms with Crippen LogP contribution in [0.5, 0.6) is 0 Å². The largest absolute Gasteiger partial charge is 0.397 e. The third-order valence-corrected chi connectivity index (χ3v) is 3.03. The van der Waals surface area contributed by atoms with E-state index in [-0.39, 0.29) is 0 Å². The molecule has 3 nitrogen and oxygen atoms in total. The first kappa shape index (κ1) is 14.4. The van der Waals surface area contributed by atoms with Gasteiger partial charge in [0, 0.05) is 6.54 Å². The van der Waals surface area contributed by atoms with E-state index in [0.29, 0.717) is 11.3 Å². The lowest BCUT2D eigenvalue weighted by molar-refractivity contribution is 0.617. The van der Waals surface area contributed by atoms with Gasteiger partial charge in [-0.05, 0) is 24.6 Å². The summed E-state index contributed by atoms with van der Waals surface area (Å²) < 4.78 is 0. The predicted molar refractivity (Wildman–Crippen MR) is 77.4 cm³/mol. The Balaban J connectivity index is 2.21. The molecule has 0 heterocycles. The van der Waals surface area contributed by atoms with Crippen molar-refractivity contribution in [2.45, 2.75) is 45.4 Å². The molecule has 1 rings (SSSR count). The van der Waals surface area contributed by atoms with E-state index in [0.717, 1.165) is 12.2 Å². The summed E-state index contributed by atoms with van der Waals surface area (Å²) in [5, 5.41) is 12.1. The van der Waals surface area contributed by atoms with E-state index < -0.39 is 0 Å². The molecule has 18 heavy (non-hydrogen) atoms. The van der Waals surface area contributed by atoms with Gasteiger partial charge in [0.2, 0.25) is 0 Å². The number of anilines is 2. The number of nitrogens with one attached hydrogen (secondary N) is 1. The molecule has 3 heteroatoms. The van der Waals surface area contributed by atoms with Crippen LogP contribution in [0.3, 0.4) is 0 Å². The second-order valence-corrected chi connectivity index (χ2v) is 4.61. The highest BCUT2D eigenvalue weighted by atomic mass is 14.9. The van der Waals surface area contributed by atoms with Crippen LogP contribution in [-0.4, -0.2) is 6.54 Å². The number of nitrogen functional groups attached to an aromatic ring is 1. The van der Waals surface area contributed by atoms with Gasteiger partial charge in [0.05, 0.1) is 23.0 Å². The number of nitrogens with zero attached hydrogens (tertiary/aromatic N) is 1. The van der Waals surface area contributed by atoms with Crippen LogP contribution < -0.4 is 11.1 Å². The summed E-state index contributed by atoms with van der Waals surface area (Å²) in [6.45, 7) is 3.18. The maximum atomic E-state index is 8.74. The summed E-state index contributed by atoms with van der Waals surface area (Å²) in [6.07, 6.45) is 7.73. The lowest BCUT2D eigenvalue weighted by Crippen LogP contribution is -2.04. The molecule has 0 aliphatic heterocycles. The molecule has 1 aromatic rings. The first-order valence-corrected chi connectivity index (χ1v) is 6.81. The van der Waals surface area contributed by atoms with Crippen LogP contribution >= 0.6 is 0 Å². The highest BCUT2D eigenvalue weighted by Gasteiger charge is 1.99. The summed E-state index contributed by atoms with van der Waals surface area (Å²) in [7, 11) is 0. The molecule has 0 saturated heterocycles. The van der Waals surface area contributed by atoms with E-state index in [4.69, 9.17) is 11.0 Å². The summed E-state index contributed by atoms with van der Waals surface area (Å²) in [5.41, 5.74) is 8.06. The summed E-state index contributed by atoms with van der Waals surface area (Å²) in [4.78, 5) is 0. The number of unbranched alkanes of at least 4 members (excludes halogenated alkanes) is 5. The lowest BCUT2D eigenvalue weighted by atomic mass is 10.1. The van der Waals surface area contributed by atoms with Crippen LogP contribution in [0.4, 0.5) is 11.4 Å². The molecule has 1 aromatic carbocycles. The molecule has 0 bridgehead atoms. The number of hydrogen-bond donors (Lipinski definition) is 2. The Kier molecular flexibility index (Phi) is 6.71. The third-order valence-electron chi connectivity index (χ3n) is 3.03. The van der Waals surface area contributed by atoms with Gasteiger partial charge in [-0.1, -0.05) is 39.0 Å². The molecule has 0 spiro atoms. The standard InChI is InChI=1S/C15H23N3/c1-2-3-4-5-6-7-10-18-15-9-8-13(12-16)11-14(15)17/h8-9,11,18H,2-7,10,17H2,1H3. The van der Waals surface area contributed by atoms with Gasteiger partial charge in [0.1, 0.15) is 0 Å². The van der Waals surface area contributed by atoms with Crippen molar-refractivity contribution < 1.29 is 0 Å². The zero-order valence-corrected chi connectivity index (χ0v) is 11.2. The van der Waals surface area contributed by atoms with Crippen molar-refractivity contribution in [3.05, 3.63) is 23.8 Å². The molecule has 0 amide bonds. The summed E-state index contributed by atoms with van der Waals surface area (Å²) in [6, 6.07) is 7.47. The monoisotopic (exact) mass is 245 g/mol. The molecule has 0 aliphatic carbocycles. The van der Waals surface area contributed by atoms with E-state index in [1.165, 1.54) is 38.5 Å². The minimum Gasteiger partial charge on any atom is -0.397 e. The van der Waals surface area contributed by atoms with Crippen LogP contribution in [0.15, 0.2) is 18.2 Å². The Labute approximate surface area is 110 Å². The topological polar surface area (TPSA) is 61.8 Å². The van der Waals surface area contributed by atoms with Gasteiger partial charge in [-0.15, -0.1) is 0 Å². The Bertz CT molecular complexity index is 393. The fourth-order valence-electron chi connectivity index (χ4n) is 1.92. The maximum Gasteiger partial charge on any atom is 0.0992 e. The molecule has 0 unspecified atom stereocenters. The minimum absolute atomic E-state index is 0.609. The Morgan fingerprint density at radius 2 is 1.89 bits per heavy atom. The van der Waals surface area contributed by atoms with Crippen molar-refractivity contribution in [2.24, 2.45) is 0 Å². The lowest BCUT2D eigenvalue weighted by Gasteiger charge is -2.09. The van der Waals surface area contributed by atoms with Gasteiger partial charge in [0.25, 0.3) is 0 Å². The van der Waals surface area contributed by atoms with Crippen LogP contribution in [-0.2, 0) is 0 Å². The van der Waals surface area contributed by atoms with Gasteiger partial charge in [-0.2, -0.15) is 5.26 Å². The Morgan fingerprint density at radius 3 is 2.56 bits per heavy atom. The molecule has 0 aromatic heterocycles. The second kappa shape index (κ2) is 8.41. The molecular weight excluding hydrogens is 222 g/mol. The third kappa shape index (κ3) is 5.09. The number of hydrogen-bond acceptors (Lipinski definition) is 3. The van der Waals surface area contributed by atoms with Gasteiger partial charge < -0.3 is 11.1 Å². The van der Waals surface area contributed by atoms with Crippen molar-refractivity contribution in [1.82, 2.24) is 0 Å². The molecule has 0 saturated carbocycles. The molecule has 0 fully saturated rings. The highest BCUT2D eigenvalue weighted by molar-refractivity contribution is 5.68. The first-order valence-electron chi connectivity index (χ1n) is 6.81. The fourth-order valence-corrected chi connectivity index (χ4v) is 1.92. The fraction of sp³-hybridized carbons (Fsp3) is 0.533. The van der Waals surface area contributed by atoms with Crippen LogP contribution in [0.1, 0.15) is 51.0 Å². The number of rotatable bonds is 8. The molecule has 3 N–H and O–H groups in total. The van der Waals surface area contributed by atoms with Crippen molar-refractivity contribution in [3.63, 3.8) is 0 Å². The van der Waals surface area contributed by atoms with Crippen molar-refractivity contribution >= 4 is 11.4 Å². The predicted octanol–water partition coefficient (Wildman–Crippen LogP) is 3.91. The van der Waals surface area contributed by atoms with Crippen LogP contribution in [0.2, 0.25) is 0 Å². The summed E-state index contributed by atoms with van der Waals surface area (Å²) >= 11 is 0. The second-order valence-electron chi connectivity index (χ2n) is 4.61.